The van der Waals surface area contributed by atoms with Gasteiger partial charge in [-0.15, -0.1) is 0 Å². The van der Waals surface area contributed by atoms with Gasteiger partial charge in [0.25, 0.3) is 0 Å². The largest absolute Gasteiger partial charge is 0.380 e. The zero-order valence-electron chi connectivity index (χ0n) is 13.6. The van der Waals surface area contributed by atoms with Crippen LogP contribution in [-0.2, 0) is 22.6 Å². The molecule has 0 amide bonds. The molecule has 3 nitrogen and oxygen atoms in total. The quantitative estimate of drug-likeness (QED) is 0.874. The molecule has 1 N–H and O–H groups in total. The average Bonchev–Trinajstić information content (AvgIpc) is 2.42. The van der Waals surface area contributed by atoms with Crippen LogP contribution in [0.15, 0.2) is 18.2 Å². The highest BCUT2D eigenvalue weighted by molar-refractivity contribution is 5.25. The van der Waals surface area contributed by atoms with Crippen molar-refractivity contribution in [3.63, 3.8) is 0 Å². The average molecular weight is 295 g/mol. The van der Waals surface area contributed by atoms with Gasteiger partial charge < -0.3 is 14.8 Å². The van der Waals surface area contributed by atoms with Crippen molar-refractivity contribution in [2.45, 2.75) is 46.1 Å². The Labute approximate surface area is 126 Å². The van der Waals surface area contributed by atoms with Gasteiger partial charge in [-0.2, -0.15) is 0 Å². The first-order chi connectivity index (χ1) is 9.91. The molecule has 0 spiro atoms. The third-order valence-electron chi connectivity index (χ3n) is 4.73. The molecule has 0 aliphatic heterocycles. The van der Waals surface area contributed by atoms with Crippen molar-refractivity contribution in [2.75, 3.05) is 14.2 Å². The lowest BCUT2D eigenvalue weighted by Crippen LogP contribution is -2.66. The van der Waals surface area contributed by atoms with Crippen LogP contribution in [0.3, 0.4) is 0 Å². The van der Waals surface area contributed by atoms with Crippen molar-refractivity contribution in [2.24, 2.45) is 11.3 Å². The lowest BCUT2D eigenvalue weighted by atomic mass is 9.58. The highest BCUT2D eigenvalue weighted by Gasteiger charge is 2.54. The van der Waals surface area contributed by atoms with Crippen LogP contribution in [0.1, 0.15) is 31.9 Å². The van der Waals surface area contributed by atoms with Crippen molar-refractivity contribution >= 4 is 0 Å². The SMILES string of the molecule is COCc1cc(CN[C@@H]2[C@@H](C)[C@H](OC)C2(C)C)ccc1F. The molecule has 1 saturated carbocycles. The number of hydrogen-bond acceptors (Lipinski definition) is 3. The van der Waals surface area contributed by atoms with E-state index in [1.54, 1.807) is 14.2 Å². The van der Waals surface area contributed by atoms with Crippen LogP contribution >= 0.6 is 0 Å². The Morgan fingerprint density at radius 2 is 2.00 bits per heavy atom. The first-order valence-electron chi connectivity index (χ1n) is 7.44. The van der Waals surface area contributed by atoms with Crippen molar-refractivity contribution in [1.82, 2.24) is 5.32 Å². The van der Waals surface area contributed by atoms with Gasteiger partial charge in [-0.05, 0) is 23.6 Å². The van der Waals surface area contributed by atoms with Crippen LogP contribution in [-0.4, -0.2) is 26.4 Å². The highest BCUT2D eigenvalue weighted by Crippen LogP contribution is 2.46. The molecule has 1 aromatic carbocycles. The molecule has 0 saturated heterocycles. The molecule has 21 heavy (non-hydrogen) atoms. The number of halogens is 1. The van der Waals surface area contributed by atoms with E-state index in [9.17, 15) is 4.39 Å². The first-order valence-corrected chi connectivity index (χ1v) is 7.44. The number of benzene rings is 1. The number of nitrogens with one attached hydrogen (secondary N) is 1. The molecule has 0 radical (unpaired) electrons. The van der Waals surface area contributed by atoms with Gasteiger partial charge in [0.05, 0.1) is 12.7 Å². The number of rotatable bonds is 6. The summed E-state index contributed by atoms with van der Waals surface area (Å²) in [6, 6.07) is 5.61. The van der Waals surface area contributed by atoms with Crippen molar-refractivity contribution < 1.29 is 13.9 Å². The Bertz CT molecular complexity index is 490. The Kier molecular flexibility index (Phi) is 5.02. The minimum atomic E-state index is -0.211. The Morgan fingerprint density at radius 3 is 2.57 bits per heavy atom. The molecule has 0 bridgehead atoms. The molecule has 0 unspecified atom stereocenters. The molecule has 0 aromatic heterocycles. The zero-order chi connectivity index (χ0) is 15.6. The predicted octanol–water partition coefficient (Wildman–Crippen LogP) is 3.12. The van der Waals surface area contributed by atoms with E-state index in [2.05, 4.69) is 26.1 Å². The van der Waals surface area contributed by atoms with E-state index in [-0.39, 0.29) is 17.3 Å². The maximum atomic E-state index is 13.6. The normalized spacial score (nSPS) is 27.4. The van der Waals surface area contributed by atoms with Crippen LogP contribution in [0.5, 0.6) is 0 Å². The number of methoxy groups -OCH3 is 2. The summed E-state index contributed by atoms with van der Waals surface area (Å²) >= 11 is 0. The first kappa shape index (κ1) is 16.4. The second kappa shape index (κ2) is 6.42. The summed E-state index contributed by atoms with van der Waals surface area (Å²) in [5, 5.41) is 3.59. The van der Waals surface area contributed by atoms with Gasteiger partial charge in [0.15, 0.2) is 0 Å². The fourth-order valence-corrected chi connectivity index (χ4v) is 3.79. The molecule has 1 aliphatic rings. The van der Waals surface area contributed by atoms with Crippen LogP contribution in [0.2, 0.25) is 0 Å². The van der Waals surface area contributed by atoms with Gasteiger partial charge >= 0.3 is 0 Å². The third kappa shape index (κ3) is 3.12. The number of hydrogen-bond donors (Lipinski definition) is 1. The molecule has 1 aromatic rings. The molecule has 2 rings (SSSR count). The summed E-state index contributed by atoms with van der Waals surface area (Å²) in [6.07, 6.45) is 0.285. The third-order valence-corrected chi connectivity index (χ3v) is 4.73. The molecular formula is C17H26FNO2. The molecule has 1 fully saturated rings. The van der Waals surface area contributed by atoms with Crippen molar-refractivity contribution in [3.8, 4) is 0 Å². The van der Waals surface area contributed by atoms with Crippen molar-refractivity contribution in [1.29, 1.82) is 0 Å². The summed E-state index contributed by atoms with van der Waals surface area (Å²) in [4.78, 5) is 0. The van der Waals surface area contributed by atoms with E-state index < -0.39 is 0 Å². The molecule has 3 atom stereocenters. The van der Waals surface area contributed by atoms with E-state index >= 15 is 0 Å². The lowest BCUT2D eigenvalue weighted by Gasteiger charge is -2.56. The summed E-state index contributed by atoms with van der Waals surface area (Å²) in [5.74, 6) is 0.265. The van der Waals surface area contributed by atoms with E-state index in [4.69, 9.17) is 9.47 Å². The van der Waals surface area contributed by atoms with Gasteiger partial charge in [-0.25, -0.2) is 4.39 Å². The summed E-state index contributed by atoms with van der Waals surface area (Å²) < 4.78 is 24.2. The monoisotopic (exact) mass is 295 g/mol. The highest BCUT2D eigenvalue weighted by atomic mass is 19.1. The van der Waals surface area contributed by atoms with Crippen LogP contribution in [0, 0.1) is 17.2 Å². The van der Waals surface area contributed by atoms with Crippen LogP contribution in [0.4, 0.5) is 4.39 Å². The van der Waals surface area contributed by atoms with Gasteiger partial charge in [0.1, 0.15) is 5.82 Å². The maximum Gasteiger partial charge on any atom is 0.128 e. The van der Waals surface area contributed by atoms with Gasteiger partial charge in [-0.3, -0.25) is 0 Å². The predicted molar refractivity (Wildman–Crippen MR) is 81.5 cm³/mol. The van der Waals surface area contributed by atoms with E-state index in [1.165, 1.54) is 6.07 Å². The fraction of sp³-hybridized carbons (Fsp3) is 0.647. The molecule has 0 heterocycles. The van der Waals surface area contributed by atoms with E-state index in [0.717, 1.165) is 12.1 Å². The second-order valence-electron chi connectivity index (χ2n) is 6.55. The molecule has 4 heteroatoms. The maximum absolute atomic E-state index is 13.6. The Hall–Kier alpha value is -0.970. The van der Waals surface area contributed by atoms with Gasteiger partial charge in [0.2, 0.25) is 0 Å². The van der Waals surface area contributed by atoms with E-state index in [1.807, 2.05) is 12.1 Å². The van der Waals surface area contributed by atoms with Crippen molar-refractivity contribution in [3.05, 3.63) is 35.1 Å². The standard InChI is InChI=1S/C17H26FNO2/c1-11-15(17(2,3)16(11)21-5)19-9-12-6-7-14(18)13(8-12)10-20-4/h6-8,11,15-16,19H,9-10H2,1-5H3/t11-,15-,16+/m1/s1. The summed E-state index contributed by atoms with van der Waals surface area (Å²) in [5.41, 5.74) is 1.80. The minimum absolute atomic E-state index is 0.115. The smallest absolute Gasteiger partial charge is 0.128 e. The summed E-state index contributed by atoms with van der Waals surface area (Å²) in [7, 11) is 3.35. The lowest BCUT2D eigenvalue weighted by molar-refractivity contribution is -0.145. The molecule has 1 aliphatic carbocycles. The van der Waals surface area contributed by atoms with Crippen LogP contribution in [0.25, 0.3) is 0 Å². The molecular weight excluding hydrogens is 269 g/mol. The van der Waals surface area contributed by atoms with Gasteiger partial charge in [0, 0.05) is 37.8 Å². The fourth-order valence-electron chi connectivity index (χ4n) is 3.79. The van der Waals surface area contributed by atoms with Gasteiger partial charge in [-0.1, -0.05) is 26.8 Å². The number of ether oxygens (including phenoxy) is 2. The topological polar surface area (TPSA) is 30.5 Å². The summed E-state index contributed by atoms with van der Waals surface area (Å²) in [6.45, 7) is 7.68. The Balaban J connectivity index is 1.99. The Morgan fingerprint density at radius 1 is 1.29 bits per heavy atom. The molecule has 118 valence electrons. The van der Waals surface area contributed by atoms with E-state index in [0.29, 0.717) is 24.1 Å². The second-order valence-corrected chi connectivity index (χ2v) is 6.55. The van der Waals surface area contributed by atoms with Crippen LogP contribution < -0.4 is 5.32 Å². The zero-order valence-corrected chi connectivity index (χ0v) is 13.6. The minimum Gasteiger partial charge on any atom is -0.380 e.